The van der Waals surface area contributed by atoms with Gasteiger partial charge in [-0.3, -0.25) is 0 Å². The molecule has 5 aromatic rings. The SMILES string of the molecule is [CH2]c1cnc2cc(OC)c(-c3cc(-c4cnnc5c4ncn5CC)ccc3F)cn12. The smallest absolute Gasteiger partial charge is 0.183 e. The number of hydrogen-bond donors (Lipinski definition) is 0. The second kappa shape index (κ2) is 6.91. The van der Waals surface area contributed by atoms with E-state index in [0.29, 0.717) is 33.9 Å². The highest BCUT2D eigenvalue weighted by molar-refractivity contribution is 5.90. The third-order valence-corrected chi connectivity index (χ3v) is 5.22. The van der Waals surface area contributed by atoms with Crippen LogP contribution in [0.25, 0.3) is 39.1 Å². The summed E-state index contributed by atoms with van der Waals surface area (Å²) in [5.74, 6) is 0.164. The zero-order valence-corrected chi connectivity index (χ0v) is 16.5. The number of fused-ring (bicyclic) bond motifs is 2. The molecular weight excluding hydrogens is 383 g/mol. The molecule has 0 fully saturated rings. The van der Waals surface area contributed by atoms with Gasteiger partial charge < -0.3 is 13.7 Å². The highest BCUT2D eigenvalue weighted by Crippen LogP contribution is 2.36. The van der Waals surface area contributed by atoms with Crippen LogP contribution >= 0.6 is 0 Å². The Kier molecular flexibility index (Phi) is 4.20. The number of pyridine rings is 1. The standard InChI is InChI=1S/C22H18FN6O/c1-4-28-12-25-21-16(10-26-27-22(21)28)14-5-6-18(23)15(7-14)17-11-29-13(2)9-24-20(29)8-19(17)30-3/h5-12H,2,4H2,1,3H3. The van der Waals surface area contributed by atoms with Crippen molar-refractivity contribution >= 4 is 16.8 Å². The molecule has 0 unspecified atom stereocenters. The summed E-state index contributed by atoms with van der Waals surface area (Å²) in [7, 11) is 1.55. The van der Waals surface area contributed by atoms with Gasteiger partial charge in [0.25, 0.3) is 0 Å². The average Bonchev–Trinajstić information content (AvgIpc) is 3.36. The van der Waals surface area contributed by atoms with Crippen LogP contribution in [0.2, 0.25) is 0 Å². The highest BCUT2D eigenvalue weighted by atomic mass is 19.1. The Morgan fingerprint density at radius 3 is 2.77 bits per heavy atom. The second-order valence-electron chi connectivity index (χ2n) is 6.89. The van der Waals surface area contributed by atoms with Crippen LogP contribution in [0.5, 0.6) is 5.75 Å². The van der Waals surface area contributed by atoms with E-state index in [4.69, 9.17) is 4.74 Å². The molecule has 1 aromatic carbocycles. The number of ether oxygens (including phenoxy) is 1. The lowest BCUT2D eigenvalue weighted by Crippen LogP contribution is -1.97. The molecule has 0 bridgehead atoms. The second-order valence-corrected chi connectivity index (χ2v) is 6.89. The Balaban J connectivity index is 1.73. The summed E-state index contributed by atoms with van der Waals surface area (Å²) >= 11 is 0. The van der Waals surface area contributed by atoms with E-state index in [2.05, 4.69) is 27.1 Å². The van der Waals surface area contributed by atoms with E-state index in [1.54, 1.807) is 54.6 Å². The number of halogens is 1. The van der Waals surface area contributed by atoms with Crippen LogP contribution in [-0.4, -0.2) is 36.2 Å². The molecule has 0 atom stereocenters. The minimum atomic E-state index is -0.362. The van der Waals surface area contributed by atoms with Crippen LogP contribution in [0.1, 0.15) is 12.6 Å². The zero-order valence-electron chi connectivity index (χ0n) is 16.5. The monoisotopic (exact) mass is 401 g/mol. The summed E-state index contributed by atoms with van der Waals surface area (Å²) in [5, 5.41) is 8.33. The highest BCUT2D eigenvalue weighted by Gasteiger charge is 2.17. The Hall–Kier alpha value is -3.81. The summed E-state index contributed by atoms with van der Waals surface area (Å²) in [6.45, 7) is 6.72. The Morgan fingerprint density at radius 1 is 1.10 bits per heavy atom. The van der Waals surface area contributed by atoms with Crippen molar-refractivity contribution in [1.29, 1.82) is 0 Å². The maximum Gasteiger partial charge on any atom is 0.183 e. The Morgan fingerprint density at radius 2 is 1.97 bits per heavy atom. The first-order chi connectivity index (χ1) is 14.6. The summed E-state index contributed by atoms with van der Waals surface area (Å²) in [6, 6.07) is 6.71. The Bertz CT molecular complexity index is 1400. The van der Waals surface area contributed by atoms with Gasteiger partial charge in [0.05, 0.1) is 19.6 Å². The number of aryl methyl sites for hydroxylation is 1. The van der Waals surface area contributed by atoms with Gasteiger partial charge in [-0.15, -0.1) is 5.10 Å². The minimum absolute atomic E-state index is 0.362. The molecule has 7 nitrogen and oxygen atoms in total. The molecule has 5 rings (SSSR count). The fourth-order valence-corrected chi connectivity index (χ4v) is 3.64. The van der Waals surface area contributed by atoms with Crippen molar-refractivity contribution in [2.24, 2.45) is 0 Å². The normalized spacial score (nSPS) is 11.5. The van der Waals surface area contributed by atoms with Gasteiger partial charge in [-0.25, -0.2) is 14.4 Å². The van der Waals surface area contributed by atoms with Gasteiger partial charge >= 0.3 is 0 Å². The number of methoxy groups -OCH3 is 1. The zero-order chi connectivity index (χ0) is 20.8. The van der Waals surface area contributed by atoms with E-state index in [1.807, 2.05) is 11.5 Å². The molecular formula is C22H18FN6O. The molecule has 1 radical (unpaired) electrons. The molecule has 0 amide bonds. The molecule has 0 aliphatic heterocycles. The number of imidazole rings is 2. The van der Waals surface area contributed by atoms with Crippen molar-refractivity contribution in [1.82, 2.24) is 29.1 Å². The maximum absolute atomic E-state index is 14.9. The van der Waals surface area contributed by atoms with Gasteiger partial charge in [-0.2, -0.15) is 5.10 Å². The molecule has 8 heteroatoms. The molecule has 4 heterocycles. The van der Waals surface area contributed by atoms with E-state index >= 15 is 0 Å². The molecule has 0 N–H and O–H groups in total. The average molecular weight is 401 g/mol. The molecule has 149 valence electrons. The van der Waals surface area contributed by atoms with Crippen LogP contribution in [0.15, 0.2) is 49.2 Å². The summed E-state index contributed by atoms with van der Waals surface area (Å²) < 4.78 is 24.2. The van der Waals surface area contributed by atoms with E-state index in [-0.39, 0.29) is 5.82 Å². The van der Waals surface area contributed by atoms with Gasteiger partial charge in [0, 0.05) is 47.4 Å². The predicted octanol–water partition coefficient (Wildman–Crippen LogP) is 4.16. The number of benzene rings is 1. The van der Waals surface area contributed by atoms with Gasteiger partial charge in [0.1, 0.15) is 22.7 Å². The molecule has 0 spiro atoms. The minimum Gasteiger partial charge on any atom is -0.496 e. The quantitative estimate of drug-likeness (QED) is 0.452. The van der Waals surface area contributed by atoms with E-state index in [0.717, 1.165) is 23.2 Å². The summed E-state index contributed by atoms with van der Waals surface area (Å²) in [4.78, 5) is 8.79. The Labute approximate surface area is 171 Å². The fourth-order valence-electron chi connectivity index (χ4n) is 3.64. The molecule has 0 aliphatic rings. The van der Waals surface area contributed by atoms with E-state index in [9.17, 15) is 4.39 Å². The first kappa shape index (κ1) is 18.2. The lowest BCUT2D eigenvalue weighted by molar-refractivity contribution is 0.416. The van der Waals surface area contributed by atoms with E-state index in [1.165, 1.54) is 6.07 Å². The van der Waals surface area contributed by atoms with Crippen LogP contribution in [-0.2, 0) is 6.54 Å². The fraction of sp³-hybridized carbons (Fsp3) is 0.136. The first-order valence-corrected chi connectivity index (χ1v) is 9.44. The van der Waals surface area contributed by atoms with Crippen molar-refractivity contribution in [2.45, 2.75) is 13.5 Å². The number of nitrogens with zero attached hydrogens (tertiary/aromatic N) is 6. The maximum atomic E-state index is 14.9. The van der Waals surface area contributed by atoms with Crippen LogP contribution in [0, 0.1) is 12.7 Å². The summed E-state index contributed by atoms with van der Waals surface area (Å²) in [5.41, 5.74) is 5.38. The van der Waals surface area contributed by atoms with Crippen molar-refractivity contribution in [3.63, 3.8) is 0 Å². The first-order valence-electron chi connectivity index (χ1n) is 9.44. The number of rotatable bonds is 4. The summed E-state index contributed by atoms with van der Waals surface area (Å²) in [6.07, 6.45) is 6.84. The van der Waals surface area contributed by atoms with Gasteiger partial charge in [-0.1, -0.05) is 6.07 Å². The molecule has 0 saturated carbocycles. The third kappa shape index (κ3) is 2.72. The molecule has 30 heavy (non-hydrogen) atoms. The largest absolute Gasteiger partial charge is 0.496 e. The van der Waals surface area contributed by atoms with Crippen LogP contribution in [0.3, 0.4) is 0 Å². The van der Waals surface area contributed by atoms with Crippen LogP contribution in [0.4, 0.5) is 4.39 Å². The number of aromatic nitrogens is 6. The van der Waals surface area contributed by atoms with Gasteiger partial charge in [0.2, 0.25) is 0 Å². The van der Waals surface area contributed by atoms with Crippen molar-refractivity contribution in [3.05, 3.63) is 67.6 Å². The topological polar surface area (TPSA) is 70.1 Å². The van der Waals surface area contributed by atoms with Gasteiger partial charge in [-0.05, 0) is 31.5 Å². The van der Waals surface area contributed by atoms with Crippen molar-refractivity contribution in [3.8, 4) is 28.0 Å². The lowest BCUT2D eigenvalue weighted by atomic mass is 9.99. The van der Waals surface area contributed by atoms with Crippen molar-refractivity contribution in [2.75, 3.05) is 7.11 Å². The van der Waals surface area contributed by atoms with E-state index < -0.39 is 0 Å². The number of hydrogen-bond acceptors (Lipinski definition) is 5. The lowest BCUT2D eigenvalue weighted by Gasteiger charge is -2.13. The molecule has 4 aromatic heterocycles. The van der Waals surface area contributed by atoms with Crippen LogP contribution < -0.4 is 4.74 Å². The third-order valence-electron chi connectivity index (χ3n) is 5.22. The van der Waals surface area contributed by atoms with Gasteiger partial charge in [0.15, 0.2) is 5.65 Å². The molecule has 0 saturated heterocycles. The molecule has 0 aliphatic carbocycles. The predicted molar refractivity (Wildman–Crippen MR) is 112 cm³/mol. The van der Waals surface area contributed by atoms with Crippen molar-refractivity contribution < 1.29 is 9.13 Å².